The van der Waals surface area contributed by atoms with Crippen molar-refractivity contribution >= 4 is 0 Å². The van der Waals surface area contributed by atoms with E-state index in [-0.39, 0.29) is 12.2 Å². The molecule has 0 aromatic carbocycles. The first-order valence-corrected chi connectivity index (χ1v) is 14.0. The van der Waals surface area contributed by atoms with Gasteiger partial charge in [-0.15, -0.1) is 0 Å². The average molecular weight is 445 g/mol. The van der Waals surface area contributed by atoms with E-state index < -0.39 is 0 Å². The van der Waals surface area contributed by atoms with Crippen molar-refractivity contribution in [2.45, 2.75) is 118 Å². The molecule has 0 aromatic heterocycles. The van der Waals surface area contributed by atoms with Crippen LogP contribution in [0.1, 0.15) is 106 Å². The fourth-order valence-electron chi connectivity index (χ4n) is 9.98. The molecule has 0 aliphatic heterocycles. The maximum atomic E-state index is 11.2. The predicted octanol–water partition coefficient (Wildman–Crippen LogP) is 7.24. The Bertz CT molecular complexity index is 687. The number of fused-ring (bicyclic) bond motifs is 5. The fourth-order valence-corrected chi connectivity index (χ4v) is 9.98. The van der Waals surface area contributed by atoms with Crippen molar-refractivity contribution in [1.82, 2.24) is 0 Å². The van der Waals surface area contributed by atoms with Gasteiger partial charge in [0.05, 0.1) is 12.2 Å². The van der Waals surface area contributed by atoms with E-state index in [0.717, 1.165) is 42.9 Å². The summed E-state index contributed by atoms with van der Waals surface area (Å²) in [5, 5.41) is 21.5. The van der Waals surface area contributed by atoms with Gasteiger partial charge in [0.1, 0.15) is 0 Å². The Morgan fingerprint density at radius 1 is 0.938 bits per heavy atom. The Hall–Kier alpha value is -0.340. The molecule has 3 unspecified atom stereocenters. The number of hydrogen-bond acceptors (Lipinski definition) is 2. The molecule has 3 fully saturated rings. The zero-order valence-corrected chi connectivity index (χ0v) is 22.1. The standard InChI is InChI=1S/C30H52O2/c1-18(2)28(19(3)4)27(32)16-20(5)24-10-11-25-23-9-8-21-17-22(31)12-14-29(21,6)26(23)13-15-30(24,25)7/h8,18-20,22-28,31-32H,9-17H2,1-7H3/t20-,22+,23?,24-,25?,26?,27-,29+,30-/m1/s1. The van der Waals surface area contributed by atoms with Gasteiger partial charge in [-0.25, -0.2) is 0 Å². The monoisotopic (exact) mass is 444 g/mol. The normalized spacial score (nSPS) is 43.6. The highest BCUT2D eigenvalue weighted by molar-refractivity contribution is 5.25. The SMILES string of the molecule is CC(C)C(C(C)C)[C@H](O)C[C@@H](C)[C@H]1CCC2C3CC=C4C[C@@H](O)CC[C@]4(C)C3CC[C@@]21C. The van der Waals surface area contributed by atoms with Crippen LogP contribution in [0.15, 0.2) is 11.6 Å². The molecule has 0 bridgehead atoms. The fraction of sp³-hybridized carbons (Fsp3) is 0.933. The molecule has 0 aromatic rings. The van der Waals surface area contributed by atoms with E-state index in [9.17, 15) is 10.2 Å². The van der Waals surface area contributed by atoms with Crippen molar-refractivity contribution in [3.05, 3.63) is 11.6 Å². The first kappa shape index (κ1) is 24.8. The lowest BCUT2D eigenvalue weighted by Crippen LogP contribution is -2.51. The lowest BCUT2D eigenvalue weighted by Gasteiger charge is -2.58. The molecule has 2 N–H and O–H groups in total. The minimum atomic E-state index is -0.170. The number of rotatable bonds is 6. The highest BCUT2D eigenvalue weighted by Crippen LogP contribution is 2.67. The van der Waals surface area contributed by atoms with E-state index in [0.29, 0.717) is 34.5 Å². The van der Waals surface area contributed by atoms with Crippen molar-refractivity contribution in [1.29, 1.82) is 0 Å². The van der Waals surface area contributed by atoms with Gasteiger partial charge in [0, 0.05) is 0 Å². The summed E-state index contributed by atoms with van der Waals surface area (Å²) < 4.78 is 0. The molecule has 2 nitrogen and oxygen atoms in total. The van der Waals surface area contributed by atoms with E-state index >= 15 is 0 Å². The quantitative estimate of drug-likeness (QED) is 0.424. The number of aliphatic hydroxyl groups excluding tert-OH is 2. The van der Waals surface area contributed by atoms with Crippen LogP contribution in [-0.4, -0.2) is 22.4 Å². The summed E-state index contributed by atoms with van der Waals surface area (Å²) in [4.78, 5) is 0. The summed E-state index contributed by atoms with van der Waals surface area (Å²) in [7, 11) is 0. The predicted molar refractivity (Wildman–Crippen MR) is 134 cm³/mol. The average Bonchev–Trinajstić information content (AvgIpc) is 3.05. The molecule has 9 atom stereocenters. The third kappa shape index (κ3) is 4.04. The van der Waals surface area contributed by atoms with Gasteiger partial charge < -0.3 is 10.2 Å². The van der Waals surface area contributed by atoms with Gasteiger partial charge in [-0.1, -0.05) is 60.1 Å². The number of aliphatic hydroxyl groups is 2. The van der Waals surface area contributed by atoms with Crippen molar-refractivity contribution in [2.75, 3.05) is 0 Å². The molecular weight excluding hydrogens is 392 g/mol. The Morgan fingerprint density at radius 3 is 2.28 bits per heavy atom. The summed E-state index contributed by atoms with van der Waals surface area (Å²) in [6, 6.07) is 0. The van der Waals surface area contributed by atoms with Gasteiger partial charge in [0.25, 0.3) is 0 Å². The van der Waals surface area contributed by atoms with Crippen LogP contribution in [0, 0.1) is 58.2 Å². The Labute approximate surface area is 198 Å². The Kier molecular flexibility index (Phi) is 6.99. The van der Waals surface area contributed by atoms with Crippen LogP contribution in [0.4, 0.5) is 0 Å². The third-order valence-electron chi connectivity index (χ3n) is 11.4. The second kappa shape index (κ2) is 9.03. The molecule has 3 saturated carbocycles. The highest BCUT2D eigenvalue weighted by atomic mass is 16.3. The minimum absolute atomic E-state index is 0.108. The number of allylic oxidation sites excluding steroid dienone is 1. The van der Waals surface area contributed by atoms with Gasteiger partial charge in [0.2, 0.25) is 0 Å². The van der Waals surface area contributed by atoms with Crippen molar-refractivity contribution in [3.8, 4) is 0 Å². The molecule has 0 radical (unpaired) electrons. The van der Waals surface area contributed by atoms with E-state index in [4.69, 9.17) is 0 Å². The Balaban J connectivity index is 1.49. The molecular formula is C30H52O2. The van der Waals surface area contributed by atoms with Gasteiger partial charge in [-0.05, 0) is 116 Å². The second-order valence-electron chi connectivity index (χ2n) is 13.7. The number of hydrogen-bond donors (Lipinski definition) is 2. The second-order valence-corrected chi connectivity index (χ2v) is 13.7. The molecule has 0 heterocycles. The van der Waals surface area contributed by atoms with Crippen molar-refractivity contribution in [2.24, 2.45) is 58.2 Å². The zero-order chi connectivity index (χ0) is 23.4. The Morgan fingerprint density at radius 2 is 1.62 bits per heavy atom. The largest absolute Gasteiger partial charge is 0.393 e. The minimum Gasteiger partial charge on any atom is -0.393 e. The summed E-state index contributed by atoms with van der Waals surface area (Å²) in [6.07, 6.45) is 13.1. The van der Waals surface area contributed by atoms with E-state index in [1.54, 1.807) is 5.57 Å². The highest BCUT2D eigenvalue weighted by Gasteiger charge is 2.59. The maximum Gasteiger partial charge on any atom is 0.0577 e. The van der Waals surface area contributed by atoms with Gasteiger partial charge >= 0.3 is 0 Å². The van der Waals surface area contributed by atoms with Crippen molar-refractivity contribution < 1.29 is 10.2 Å². The maximum absolute atomic E-state index is 11.2. The topological polar surface area (TPSA) is 40.5 Å². The molecule has 2 heteroatoms. The van der Waals surface area contributed by atoms with Crippen LogP contribution in [0.5, 0.6) is 0 Å². The summed E-state index contributed by atoms with van der Waals surface area (Å²) in [5.74, 6) is 5.34. The summed E-state index contributed by atoms with van der Waals surface area (Å²) in [6.45, 7) is 16.7. The smallest absolute Gasteiger partial charge is 0.0577 e. The van der Waals surface area contributed by atoms with E-state index in [1.165, 1.54) is 38.5 Å². The van der Waals surface area contributed by atoms with Crippen LogP contribution in [0.3, 0.4) is 0 Å². The van der Waals surface area contributed by atoms with Gasteiger partial charge in [-0.3, -0.25) is 0 Å². The summed E-state index contributed by atoms with van der Waals surface area (Å²) in [5.41, 5.74) is 2.37. The summed E-state index contributed by atoms with van der Waals surface area (Å²) >= 11 is 0. The van der Waals surface area contributed by atoms with Crippen LogP contribution < -0.4 is 0 Å². The molecule has 0 spiro atoms. The zero-order valence-electron chi connectivity index (χ0n) is 22.1. The molecule has 4 aliphatic rings. The van der Waals surface area contributed by atoms with Crippen molar-refractivity contribution in [3.63, 3.8) is 0 Å². The molecule has 4 rings (SSSR count). The lowest BCUT2D eigenvalue weighted by atomic mass is 9.47. The van der Waals surface area contributed by atoms with Crippen LogP contribution in [0.2, 0.25) is 0 Å². The van der Waals surface area contributed by atoms with Crippen LogP contribution >= 0.6 is 0 Å². The third-order valence-corrected chi connectivity index (χ3v) is 11.4. The van der Waals surface area contributed by atoms with Gasteiger partial charge in [-0.2, -0.15) is 0 Å². The molecule has 184 valence electrons. The molecule has 0 saturated heterocycles. The first-order chi connectivity index (χ1) is 15.0. The van der Waals surface area contributed by atoms with E-state index in [2.05, 4.69) is 54.5 Å². The molecule has 4 aliphatic carbocycles. The van der Waals surface area contributed by atoms with Crippen LogP contribution in [-0.2, 0) is 0 Å². The first-order valence-electron chi connectivity index (χ1n) is 14.0. The van der Waals surface area contributed by atoms with Crippen LogP contribution in [0.25, 0.3) is 0 Å². The molecule has 32 heavy (non-hydrogen) atoms. The van der Waals surface area contributed by atoms with Gasteiger partial charge in [0.15, 0.2) is 0 Å². The lowest BCUT2D eigenvalue weighted by molar-refractivity contribution is -0.0621. The van der Waals surface area contributed by atoms with E-state index in [1.807, 2.05) is 0 Å². The molecule has 0 amide bonds.